The minimum atomic E-state index is -0.752. The van der Waals surface area contributed by atoms with Crippen LogP contribution in [0, 0.1) is 0 Å². The molecular weight excluding hydrogens is 368 g/mol. The van der Waals surface area contributed by atoms with E-state index in [0.717, 1.165) is 5.52 Å². The standard InChI is InChI=1S/C23H18N2O4/c1-28-16-11-12-19-17(13-16)18(14-24-19)22(26)23(27)25-20-9-5-6-10-21(20)29-15-7-3-2-4-8-15/h2-14,24H,1H3,(H,25,27). The molecular formula is C23H18N2O4. The number of carbonyl (C=O) groups excluding carboxylic acids is 2. The van der Waals surface area contributed by atoms with Gasteiger partial charge in [0.25, 0.3) is 11.7 Å². The molecule has 2 N–H and O–H groups in total. The predicted octanol–water partition coefficient (Wildman–Crippen LogP) is 4.79. The average Bonchev–Trinajstić information content (AvgIpc) is 3.18. The Morgan fingerprint density at radius 1 is 0.897 bits per heavy atom. The van der Waals surface area contributed by atoms with Crippen molar-refractivity contribution in [2.75, 3.05) is 12.4 Å². The van der Waals surface area contributed by atoms with Gasteiger partial charge in [0.05, 0.1) is 18.4 Å². The number of methoxy groups -OCH3 is 1. The number of nitrogens with one attached hydrogen (secondary N) is 2. The molecule has 1 amide bonds. The molecule has 3 aromatic carbocycles. The van der Waals surface area contributed by atoms with Crippen molar-refractivity contribution in [3.63, 3.8) is 0 Å². The highest BCUT2D eigenvalue weighted by molar-refractivity contribution is 6.48. The molecule has 4 aromatic rings. The summed E-state index contributed by atoms with van der Waals surface area (Å²) in [6, 6.07) is 21.5. The minimum Gasteiger partial charge on any atom is -0.497 e. The first-order valence-corrected chi connectivity index (χ1v) is 8.98. The van der Waals surface area contributed by atoms with Gasteiger partial charge in [-0.15, -0.1) is 0 Å². The minimum absolute atomic E-state index is 0.276. The molecule has 6 nitrogen and oxygen atoms in total. The zero-order valence-corrected chi connectivity index (χ0v) is 15.6. The molecule has 0 aliphatic heterocycles. The first-order chi connectivity index (χ1) is 14.2. The number of fused-ring (bicyclic) bond motifs is 1. The van der Waals surface area contributed by atoms with Crippen LogP contribution in [-0.4, -0.2) is 23.8 Å². The molecule has 1 heterocycles. The summed E-state index contributed by atoms with van der Waals surface area (Å²) in [5.74, 6) is 0.273. The van der Waals surface area contributed by atoms with Gasteiger partial charge >= 0.3 is 0 Å². The fraction of sp³-hybridized carbons (Fsp3) is 0.0435. The van der Waals surface area contributed by atoms with E-state index in [-0.39, 0.29) is 5.56 Å². The van der Waals surface area contributed by atoms with Crippen LogP contribution in [0.25, 0.3) is 10.9 Å². The van der Waals surface area contributed by atoms with Gasteiger partial charge in [0.15, 0.2) is 5.75 Å². The summed E-state index contributed by atoms with van der Waals surface area (Å²) in [6.07, 6.45) is 1.53. The van der Waals surface area contributed by atoms with E-state index < -0.39 is 11.7 Å². The molecule has 0 saturated carbocycles. The molecule has 4 rings (SSSR count). The van der Waals surface area contributed by atoms with Crippen LogP contribution in [0.15, 0.2) is 79.0 Å². The van der Waals surface area contributed by atoms with Crippen molar-refractivity contribution < 1.29 is 19.1 Å². The summed E-state index contributed by atoms with van der Waals surface area (Å²) >= 11 is 0. The maximum atomic E-state index is 12.8. The number of Topliss-reactive ketones (excluding diaryl/α,β-unsaturated/α-hetero) is 1. The summed E-state index contributed by atoms with van der Waals surface area (Å²) in [6.45, 7) is 0. The van der Waals surface area contributed by atoms with Gasteiger partial charge in [-0.1, -0.05) is 30.3 Å². The number of hydrogen-bond acceptors (Lipinski definition) is 4. The number of para-hydroxylation sites is 3. The fourth-order valence-electron chi connectivity index (χ4n) is 2.99. The van der Waals surface area contributed by atoms with E-state index in [0.29, 0.717) is 28.3 Å². The molecule has 0 unspecified atom stereocenters. The third-order valence-electron chi connectivity index (χ3n) is 4.45. The molecule has 6 heteroatoms. The molecule has 0 aliphatic rings. The van der Waals surface area contributed by atoms with Gasteiger partial charge in [-0.2, -0.15) is 0 Å². The number of anilines is 1. The Labute approximate surface area is 167 Å². The van der Waals surface area contributed by atoms with Crippen LogP contribution in [0.3, 0.4) is 0 Å². The van der Waals surface area contributed by atoms with Gasteiger partial charge < -0.3 is 19.8 Å². The summed E-state index contributed by atoms with van der Waals surface area (Å²) in [5, 5.41) is 3.28. The third-order valence-corrected chi connectivity index (χ3v) is 4.45. The first-order valence-electron chi connectivity index (χ1n) is 8.98. The second kappa shape index (κ2) is 7.90. The number of aromatic nitrogens is 1. The number of H-pyrrole nitrogens is 1. The van der Waals surface area contributed by atoms with Crippen LogP contribution in [-0.2, 0) is 4.79 Å². The highest BCUT2D eigenvalue weighted by atomic mass is 16.5. The fourth-order valence-corrected chi connectivity index (χ4v) is 2.99. The number of amides is 1. The van der Waals surface area contributed by atoms with Crippen LogP contribution < -0.4 is 14.8 Å². The third kappa shape index (κ3) is 3.82. The van der Waals surface area contributed by atoms with Crippen molar-refractivity contribution in [3.05, 3.63) is 84.6 Å². The lowest BCUT2D eigenvalue weighted by molar-refractivity contribution is -0.112. The lowest BCUT2D eigenvalue weighted by atomic mass is 10.1. The van der Waals surface area contributed by atoms with Crippen molar-refractivity contribution in [2.45, 2.75) is 0 Å². The molecule has 144 valence electrons. The van der Waals surface area contributed by atoms with Crippen molar-refractivity contribution in [2.24, 2.45) is 0 Å². The topological polar surface area (TPSA) is 80.4 Å². The Morgan fingerprint density at radius 3 is 2.45 bits per heavy atom. The van der Waals surface area contributed by atoms with E-state index in [1.807, 2.05) is 30.3 Å². The van der Waals surface area contributed by atoms with Crippen molar-refractivity contribution in [1.29, 1.82) is 0 Å². The van der Waals surface area contributed by atoms with E-state index >= 15 is 0 Å². The first kappa shape index (κ1) is 18.3. The van der Waals surface area contributed by atoms with E-state index in [1.165, 1.54) is 6.20 Å². The maximum Gasteiger partial charge on any atom is 0.296 e. The van der Waals surface area contributed by atoms with E-state index in [4.69, 9.17) is 9.47 Å². The van der Waals surface area contributed by atoms with Crippen molar-refractivity contribution in [1.82, 2.24) is 4.98 Å². The molecule has 29 heavy (non-hydrogen) atoms. The number of ketones is 1. The van der Waals surface area contributed by atoms with E-state index in [1.54, 1.807) is 49.6 Å². The smallest absolute Gasteiger partial charge is 0.296 e. The summed E-state index contributed by atoms with van der Waals surface area (Å²) in [4.78, 5) is 28.4. The number of rotatable bonds is 6. The number of hydrogen-bond donors (Lipinski definition) is 2. The molecule has 0 spiro atoms. The van der Waals surface area contributed by atoms with Crippen LogP contribution in [0.1, 0.15) is 10.4 Å². The van der Waals surface area contributed by atoms with Gasteiger partial charge in [-0.3, -0.25) is 9.59 Å². The Morgan fingerprint density at radius 2 is 1.66 bits per heavy atom. The molecule has 0 atom stereocenters. The highest BCUT2D eigenvalue weighted by Crippen LogP contribution is 2.30. The number of carbonyl (C=O) groups is 2. The van der Waals surface area contributed by atoms with Gasteiger partial charge in [-0.05, 0) is 42.5 Å². The summed E-state index contributed by atoms with van der Waals surface area (Å²) < 4.78 is 11.0. The maximum absolute atomic E-state index is 12.8. The number of benzene rings is 3. The monoisotopic (exact) mass is 386 g/mol. The lowest BCUT2D eigenvalue weighted by Gasteiger charge is -2.11. The largest absolute Gasteiger partial charge is 0.497 e. The number of ether oxygens (including phenoxy) is 2. The van der Waals surface area contributed by atoms with Crippen molar-refractivity contribution in [3.8, 4) is 17.2 Å². The van der Waals surface area contributed by atoms with E-state index in [9.17, 15) is 9.59 Å². The second-order valence-electron chi connectivity index (χ2n) is 6.31. The Kier molecular flexibility index (Phi) is 4.99. The highest BCUT2D eigenvalue weighted by Gasteiger charge is 2.21. The average molecular weight is 386 g/mol. The molecule has 0 bridgehead atoms. The molecule has 0 aliphatic carbocycles. The van der Waals surface area contributed by atoms with Gasteiger partial charge in [0.1, 0.15) is 11.5 Å². The van der Waals surface area contributed by atoms with Crippen LogP contribution in [0.5, 0.6) is 17.2 Å². The summed E-state index contributed by atoms with van der Waals surface area (Å²) in [7, 11) is 1.55. The Balaban J connectivity index is 1.58. The van der Waals surface area contributed by atoms with Crippen LogP contribution in [0.2, 0.25) is 0 Å². The lowest BCUT2D eigenvalue weighted by Crippen LogP contribution is -2.22. The van der Waals surface area contributed by atoms with Gasteiger partial charge in [-0.25, -0.2) is 0 Å². The zero-order valence-electron chi connectivity index (χ0n) is 15.6. The van der Waals surface area contributed by atoms with Crippen LogP contribution in [0.4, 0.5) is 5.69 Å². The molecule has 0 saturated heterocycles. The quantitative estimate of drug-likeness (QED) is 0.369. The second-order valence-corrected chi connectivity index (χ2v) is 6.31. The van der Waals surface area contributed by atoms with E-state index in [2.05, 4.69) is 10.3 Å². The molecule has 1 aromatic heterocycles. The zero-order chi connectivity index (χ0) is 20.2. The Hall–Kier alpha value is -4.06. The molecule has 0 fully saturated rings. The summed E-state index contributed by atoms with van der Waals surface area (Å²) in [5.41, 5.74) is 1.43. The Bertz CT molecular complexity index is 1180. The predicted molar refractivity (Wildman–Crippen MR) is 111 cm³/mol. The van der Waals surface area contributed by atoms with Gasteiger partial charge in [0, 0.05) is 17.1 Å². The van der Waals surface area contributed by atoms with Crippen LogP contribution >= 0.6 is 0 Å². The van der Waals surface area contributed by atoms with Crippen molar-refractivity contribution >= 4 is 28.3 Å². The number of aromatic amines is 1. The van der Waals surface area contributed by atoms with Gasteiger partial charge in [0.2, 0.25) is 0 Å². The normalized spacial score (nSPS) is 10.5. The SMILES string of the molecule is COc1ccc2[nH]cc(C(=O)C(=O)Nc3ccccc3Oc3ccccc3)c2c1. The molecule has 0 radical (unpaired) electrons.